The molecule has 0 radical (unpaired) electrons. The molecule has 0 aromatic heterocycles. The van der Waals surface area contributed by atoms with E-state index < -0.39 is 0 Å². The molecule has 3 rings (SSSR count). The lowest BCUT2D eigenvalue weighted by Gasteiger charge is -2.32. The van der Waals surface area contributed by atoms with E-state index in [9.17, 15) is 9.18 Å². The van der Waals surface area contributed by atoms with Gasteiger partial charge in [0.05, 0.1) is 6.04 Å². The van der Waals surface area contributed by atoms with E-state index in [1.165, 1.54) is 6.07 Å². The highest BCUT2D eigenvalue weighted by atomic mass is 35.5. The van der Waals surface area contributed by atoms with Gasteiger partial charge in [-0.15, -0.1) is 12.4 Å². The molecule has 1 saturated carbocycles. The molecule has 1 aromatic carbocycles. The third-order valence-corrected chi connectivity index (χ3v) is 5.09. The SMILES string of the molecule is CC1CC(c2cccc(F)c2)N(C(=O)C2CCCC(N)C2)C1.Cl. The molecule has 2 N–H and O–H groups in total. The number of nitrogens with two attached hydrogens (primary N) is 1. The molecule has 4 atom stereocenters. The highest BCUT2D eigenvalue weighted by molar-refractivity contribution is 5.85. The lowest BCUT2D eigenvalue weighted by Crippen LogP contribution is -2.40. The fourth-order valence-corrected chi connectivity index (χ4v) is 4.01. The zero-order chi connectivity index (χ0) is 15.7. The normalized spacial score (nSPS) is 30.8. The van der Waals surface area contributed by atoms with E-state index in [-0.39, 0.29) is 42.1 Å². The van der Waals surface area contributed by atoms with Crippen molar-refractivity contribution in [3.63, 3.8) is 0 Å². The van der Waals surface area contributed by atoms with Gasteiger partial charge in [-0.3, -0.25) is 4.79 Å². The van der Waals surface area contributed by atoms with Crippen molar-refractivity contribution in [2.75, 3.05) is 6.54 Å². The van der Waals surface area contributed by atoms with Crippen LogP contribution in [0.5, 0.6) is 0 Å². The van der Waals surface area contributed by atoms with Crippen LogP contribution in [0.25, 0.3) is 0 Å². The Morgan fingerprint density at radius 2 is 2.09 bits per heavy atom. The predicted octanol–water partition coefficient (Wildman–Crippen LogP) is 3.67. The van der Waals surface area contributed by atoms with Crippen molar-refractivity contribution in [2.45, 2.75) is 51.1 Å². The third kappa shape index (κ3) is 4.04. The Balaban J connectivity index is 0.00000192. The number of benzene rings is 1. The minimum absolute atomic E-state index is 0. The van der Waals surface area contributed by atoms with Crippen LogP contribution in [0.1, 0.15) is 50.6 Å². The van der Waals surface area contributed by atoms with Crippen molar-refractivity contribution in [3.8, 4) is 0 Å². The Morgan fingerprint density at radius 3 is 2.78 bits per heavy atom. The summed E-state index contributed by atoms with van der Waals surface area (Å²) in [6.45, 7) is 2.93. The molecule has 1 aromatic rings. The van der Waals surface area contributed by atoms with Gasteiger partial charge < -0.3 is 10.6 Å². The molecule has 2 aliphatic rings. The zero-order valence-electron chi connectivity index (χ0n) is 13.6. The number of amides is 1. The fraction of sp³-hybridized carbons (Fsp3) is 0.611. The summed E-state index contributed by atoms with van der Waals surface area (Å²) in [5.41, 5.74) is 6.95. The summed E-state index contributed by atoms with van der Waals surface area (Å²) in [7, 11) is 0. The van der Waals surface area contributed by atoms with Crippen LogP contribution in [-0.4, -0.2) is 23.4 Å². The van der Waals surface area contributed by atoms with E-state index in [0.29, 0.717) is 5.92 Å². The van der Waals surface area contributed by atoms with Gasteiger partial charge in [0.25, 0.3) is 0 Å². The van der Waals surface area contributed by atoms with E-state index in [2.05, 4.69) is 6.92 Å². The predicted molar refractivity (Wildman–Crippen MR) is 91.8 cm³/mol. The molecule has 1 heterocycles. The maximum absolute atomic E-state index is 13.5. The summed E-state index contributed by atoms with van der Waals surface area (Å²) >= 11 is 0. The summed E-state index contributed by atoms with van der Waals surface area (Å²) in [5, 5.41) is 0. The Hall–Kier alpha value is -1.13. The topological polar surface area (TPSA) is 46.3 Å². The molecule has 128 valence electrons. The highest BCUT2D eigenvalue weighted by Gasteiger charge is 2.38. The van der Waals surface area contributed by atoms with Crippen LogP contribution in [0.2, 0.25) is 0 Å². The van der Waals surface area contributed by atoms with Gasteiger partial charge in [-0.05, 0) is 49.3 Å². The van der Waals surface area contributed by atoms with Crippen molar-refractivity contribution in [3.05, 3.63) is 35.6 Å². The average Bonchev–Trinajstić information content (AvgIpc) is 2.88. The number of nitrogens with zero attached hydrogens (tertiary/aromatic N) is 1. The molecular formula is C18H26ClFN2O. The minimum Gasteiger partial charge on any atom is -0.335 e. The maximum Gasteiger partial charge on any atom is 0.226 e. The lowest BCUT2D eigenvalue weighted by atomic mass is 9.85. The monoisotopic (exact) mass is 340 g/mol. The number of rotatable bonds is 2. The molecule has 1 aliphatic carbocycles. The number of hydrogen-bond acceptors (Lipinski definition) is 2. The first-order valence-electron chi connectivity index (χ1n) is 8.36. The van der Waals surface area contributed by atoms with Crippen LogP contribution in [0.4, 0.5) is 4.39 Å². The lowest BCUT2D eigenvalue weighted by molar-refractivity contribution is -0.137. The van der Waals surface area contributed by atoms with Crippen LogP contribution in [0.3, 0.4) is 0 Å². The van der Waals surface area contributed by atoms with Crippen LogP contribution in [-0.2, 0) is 4.79 Å². The molecule has 5 heteroatoms. The highest BCUT2D eigenvalue weighted by Crippen LogP contribution is 2.38. The van der Waals surface area contributed by atoms with Crippen molar-refractivity contribution in [1.82, 2.24) is 4.90 Å². The Labute approximate surface area is 143 Å². The van der Waals surface area contributed by atoms with Gasteiger partial charge in [0.15, 0.2) is 0 Å². The van der Waals surface area contributed by atoms with E-state index >= 15 is 0 Å². The molecular weight excluding hydrogens is 315 g/mol. The molecule has 0 spiro atoms. The number of carbonyl (C=O) groups is 1. The van der Waals surface area contributed by atoms with Crippen molar-refractivity contribution in [1.29, 1.82) is 0 Å². The van der Waals surface area contributed by atoms with E-state index in [0.717, 1.165) is 44.2 Å². The zero-order valence-corrected chi connectivity index (χ0v) is 14.4. The molecule has 2 fully saturated rings. The fourth-order valence-electron chi connectivity index (χ4n) is 4.01. The van der Waals surface area contributed by atoms with Crippen LogP contribution in [0.15, 0.2) is 24.3 Å². The second-order valence-electron chi connectivity index (χ2n) is 7.03. The van der Waals surface area contributed by atoms with Gasteiger partial charge in [0, 0.05) is 18.5 Å². The van der Waals surface area contributed by atoms with E-state index in [1.807, 2.05) is 11.0 Å². The summed E-state index contributed by atoms with van der Waals surface area (Å²) < 4.78 is 13.5. The van der Waals surface area contributed by atoms with Gasteiger partial charge in [0.2, 0.25) is 5.91 Å². The first-order valence-corrected chi connectivity index (χ1v) is 8.36. The van der Waals surface area contributed by atoms with Gasteiger partial charge in [-0.25, -0.2) is 4.39 Å². The molecule has 23 heavy (non-hydrogen) atoms. The van der Waals surface area contributed by atoms with E-state index in [4.69, 9.17) is 5.73 Å². The molecule has 4 unspecified atom stereocenters. The maximum atomic E-state index is 13.5. The van der Waals surface area contributed by atoms with Gasteiger partial charge >= 0.3 is 0 Å². The van der Waals surface area contributed by atoms with Gasteiger partial charge in [-0.2, -0.15) is 0 Å². The number of hydrogen-bond donors (Lipinski definition) is 1. The van der Waals surface area contributed by atoms with Crippen molar-refractivity contribution in [2.24, 2.45) is 17.6 Å². The summed E-state index contributed by atoms with van der Waals surface area (Å²) in [4.78, 5) is 14.9. The largest absolute Gasteiger partial charge is 0.335 e. The Bertz CT molecular complexity index is 554. The molecule has 0 bridgehead atoms. The van der Waals surface area contributed by atoms with Crippen molar-refractivity contribution < 1.29 is 9.18 Å². The Morgan fingerprint density at radius 1 is 1.30 bits per heavy atom. The molecule has 3 nitrogen and oxygen atoms in total. The number of carbonyl (C=O) groups excluding carboxylic acids is 1. The quantitative estimate of drug-likeness (QED) is 0.892. The third-order valence-electron chi connectivity index (χ3n) is 5.09. The van der Waals surface area contributed by atoms with E-state index in [1.54, 1.807) is 12.1 Å². The van der Waals surface area contributed by atoms with Crippen molar-refractivity contribution >= 4 is 18.3 Å². The molecule has 1 saturated heterocycles. The van der Waals surface area contributed by atoms with Crippen LogP contribution >= 0.6 is 12.4 Å². The molecule has 1 amide bonds. The van der Waals surface area contributed by atoms with Gasteiger partial charge in [-0.1, -0.05) is 25.5 Å². The summed E-state index contributed by atoms with van der Waals surface area (Å²) in [6, 6.07) is 6.83. The standard InChI is InChI=1S/C18H25FN2O.ClH/c1-12-8-17(13-4-2-6-15(19)9-13)21(11-12)18(22)14-5-3-7-16(20)10-14;/h2,4,6,9,12,14,16-17H,3,5,7-8,10-11,20H2,1H3;1H. The summed E-state index contributed by atoms with van der Waals surface area (Å²) in [5.74, 6) is 0.484. The molecule has 1 aliphatic heterocycles. The summed E-state index contributed by atoms with van der Waals surface area (Å²) in [6.07, 6.45) is 4.69. The first-order chi connectivity index (χ1) is 10.5. The minimum atomic E-state index is -0.232. The smallest absolute Gasteiger partial charge is 0.226 e. The number of halogens is 2. The second kappa shape index (κ2) is 7.63. The Kier molecular flexibility index (Phi) is 6.04. The van der Waals surface area contributed by atoms with Crippen LogP contribution < -0.4 is 5.73 Å². The first kappa shape index (κ1) is 18.2. The number of likely N-dealkylation sites (tertiary alicyclic amines) is 1. The van der Waals surface area contributed by atoms with Crippen LogP contribution in [0, 0.1) is 17.7 Å². The second-order valence-corrected chi connectivity index (χ2v) is 7.03. The average molecular weight is 341 g/mol. The van der Waals surface area contributed by atoms with Gasteiger partial charge in [0.1, 0.15) is 5.82 Å².